The van der Waals surface area contributed by atoms with Crippen LogP contribution in [-0.2, 0) is 0 Å². The molecule has 1 aliphatic rings. The molecule has 0 bridgehead atoms. The van der Waals surface area contributed by atoms with Crippen molar-refractivity contribution >= 4 is 23.2 Å². The van der Waals surface area contributed by atoms with Crippen LogP contribution in [0.3, 0.4) is 0 Å². The molecule has 1 saturated carbocycles. The predicted octanol–water partition coefficient (Wildman–Crippen LogP) is 4.89. The van der Waals surface area contributed by atoms with E-state index in [1.807, 2.05) is 13.8 Å². The maximum absolute atomic E-state index is 6.08. The summed E-state index contributed by atoms with van der Waals surface area (Å²) in [5.74, 6) is 1.82. The van der Waals surface area contributed by atoms with E-state index in [4.69, 9.17) is 23.2 Å². The fourth-order valence-corrected chi connectivity index (χ4v) is 2.82. The Morgan fingerprint density at radius 1 is 1.15 bits per heavy atom. The Labute approximate surface area is 93.0 Å². The first kappa shape index (κ1) is 13.6. The molecule has 0 amide bonds. The SMILES string of the molecule is CC.CCC1C(CC(C)C)C1(Cl)Cl. The number of halogens is 2. The highest BCUT2D eigenvalue weighted by molar-refractivity contribution is 6.51. The van der Waals surface area contributed by atoms with Crippen LogP contribution in [0.2, 0.25) is 0 Å². The van der Waals surface area contributed by atoms with E-state index in [9.17, 15) is 0 Å². The van der Waals surface area contributed by atoms with E-state index in [1.165, 1.54) is 6.42 Å². The Balaban J connectivity index is 0.000000671. The van der Waals surface area contributed by atoms with Gasteiger partial charge in [-0.2, -0.15) is 0 Å². The van der Waals surface area contributed by atoms with Gasteiger partial charge in [-0.15, -0.1) is 23.2 Å². The molecule has 2 heteroatoms. The molecule has 0 nitrogen and oxygen atoms in total. The van der Waals surface area contributed by atoms with Crippen LogP contribution in [-0.4, -0.2) is 4.33 Å². The highest BCUT2D eigenvalue weighted by Gasteiger charge is 2.61. The van der Waals surface area contributed by atoms with E-state index in [0.29, 0.717) is 17.8 Å². The van der Waals surface area contributed by atoms with Crippen LogP contribution in [0.5, 0.6) is 0 Å². The second kappa shape index (κ2) is 5.46. The molecule has 0 aliphatic heterocycles. The zero-order chi connectivity index (χ0) is 10.6. The molecule has 0 heterocycles. The van der Waals surface area contributed by atoms with Crippen molar-refractivity contribution in [3.63, 3.8) is 0 Å². The Kier molecular flexibility index (Phi) is 5.70. The summed E-state index contributed by atoms with van der Waals surface area (Å²) < 4.78 is -0.390. The van der Waals surface area contributed by atoms with Crippen molar-refractivity contribution in [2.75, 3.05) is 0 Å². The molecule has 1 aliphatic carbocycles. The van der Waals surface area contributed by atoms with Crippen molar-refractivity contribution < 1.29 is 0 Å². The fraction of sp³-hybridized carbons (Fsp3) is 1.00. The molecule has 80 valence electrons. The summed E-state index contributed by atoms with van der Waals surface area (Å²) in [5.41, 5.74) is 0. The second-order valence-corrected chi connectivity index (χ2v) is 5.37. The lowest BCUT2D eigenvalue weighted by atomic mass is 10.1. The van der Waals surface area contributed by atoms with Crippen LogP contribution in [0.25, 0.3) is 0 Å². The number of rotatable bonds is 3. The van der Waals surface area contributed by atoms with Crippen LogP contribution in [0, 0.1) is 17.8 Å². The van der Waals surface area contributed by atoms with Gasteiger partial charge in [0.05, 0.1) is 0 Å². The summed E-state index contributed by atoms with van der Waals surface area (Å²) in [6.07, 6.45) is 2.29. The number of hydrogen-bond acceptors (Lipinski definition) is 0. The lowest BCUT2D eigenvalue weighted by molar-refractivity contribution is 0.507. The third kappa shape index (κ3) is 3.32. The largest absolute Gasteiger partial charge is 0.124 e. The molecular weight excluding hydrogens is 203 g/mol. The number of hydrogen-bond donors (Lipinski definition) is 0. The molecule has 1 rings (SSSR count). The van der Waals surface area contributed by atoms with E-state index in [0.717, 1.165) is 6.42 Å². The van der Waals surface area contributed by atoms with Gasteiger partial charge in [0, 0.05) is 0 Å². The first-order valence-corrected chi connectivity index (χ1v) is 6.13. The van der Waals surface area contributed by atoms with E-state index < -0.39 is 0 Å². The van der Waals surface area contributed by atoms with Gasteiger partial charge in [0.1, 0.15) is 4.33 Å². The van der Waals surface area contributed by atoms with Crippen LogP contribution in [0.15, 0.2) is 0 Å². The molecule has 0 radical (unpaired) electrons. The molecule has 2 atom stereocenters. The normalized spacial score (nSPS) is 29.5. The standard InChI is InChI=1S/C9H16Cl2.C2H6/c1-4-7-8(5-6(2)3)9(7,10)11;1-2/h6-8H,4-5H2,1-3H3;1-2H3. The molecule has 0 aromatic rings. The summed E-state index contributed by atoms with van der Waals surface area (Å²) in [6.45, 7) is 10.6. The minimum atomic E-state index is -0.390. The van der Waals surface area contributed by atoms with Gasteiger partial charge in [-0.3, -0.25) is 0 Å². The Morgan fingerprint density at radius 3 is 1.85 bits per heavy atom. The maximum atomic E-state index is 6.08. The predicted molar refractivity (Wildman–Crippen MR) is 62.5 cm³/mol. The Bertz CT molecular complexity index is 141. The zero-order valence-electron chi connectivity index (χ0n) is 9.40. The Hall–Kier alpha value is 0.580. The van der Waals surface area contributed by atoms with Gasteiger partial charge in [-0.05, 0) is 24.2 Å². The van der Waals surface area contributed by atoms with Crippen LogP contribution in [0.1, 0.15) is 47.5 Å². The first-order valence-electron chi connectivity index (χ1n) is 5.38. The topological polar surface area (TPSA) is 0 Å². The molecule has 0 N–H and O–H groups in total. The summed E-state index contributed by atoms with van der Waals surface area (Å²) in [7, 11) is 0. The molecular formula is C11H22Cl2. The van der Waals surface area contributed by atoms with Gasteiger partial charge in [0.25, 0.3) is 0 Å². The van der Waals surface area contributed by atoms with E-state index in [-0.39, 0.29) is 4.33 Å². The van der Waals surface area contributed by atoms with E-state index in [2.05, 4.69) is 20.8 Å². The summed E-state index contributed by atoms with van der Waals surface area (Å²) >= 11 is 12.2. The smallest absolute Gasteiger partial charge is 0.101 e. The van der Waals surface area contributed by atoms with E-state index >= 15 is 0 Å². The third-order valence-electron chi connectivity index (χ3n) is 2.53. The average molecular weight is 225 g/mol. The van der Waals surface area contributed by atoms with Crippen LogP contribution in [0.4, 0.5) is 0 Å². The Morgan fingerprint density at radius 2 is 1.62 bits per heavy atom. The molecule has 2 unspecified atom stereocenters. The monoisotopic (exact) mass is 224 g/mol. The average Bonchev–Trinajstić information content (AvgIpc) is 2.56. The van der Waals surface area contributed by atoms with Gasteiger partial charge >= 0.3 is 0 Å². The quantitative estimate of drug-likeness (QED) is 0.600. The van der Waals surface area contributed by atoms with Crippen LogP contribution < -0.4 is 0 Å². The third-order valence-corrected chi connectivity index (χ3v) is 3.65. The molecule has 1 fully saturated rings. The summed E-state index contributed by atoms with van der Waals surface area (Å²) in [6, 6.07) is 0. The van der Waals surface area contributed by atoms with Crippen molar-refractivity contribution in [3.05, 3.63) is 0 Å². The highest BCUT2D eigenvalue weighted by atomic mass is 35.5. The highest BCUT2D eigenvalue weighted by Crippen LogP contribution is 2.62. The van der Waals surface area contributed by atoms with Crippen LogP contribution >= 0.6 is 23.2 Å². The van der Waals surface area contributed by atoms with Gasteiger partial charge in [0.15, 0.2) is 0 Å². The minimum Gasteiger partial charge on any atom is -0.101 e. The molecule has 0 aromatic carbocycles. The molecule has 13 heavy (non-hydrogen) atoms. The number of alkyl halides is 2. The summed E-state index contributed by atoms with van der Waals surface area (Å²) in [5, 5.41) is 0. The van der Waals surface area contributed by atoms with Gasteiger partial charge in [-0.1, -0.05) is 41.0 Å². The zero-order valence-corrected chi connectivity index (χ0v) is 10.9. The van der Waals surface area contributed by atoms with Crippen molar-refractivity contribution in [2.24, 2.45) is 17.8 Å². The lowest BCUT2D eigenvalue weighted by Crippen LogP contribution is -1.95. The minimum absolute atomic E-state index is 0.390. The summed E-state index contributed by atoms with van der Waals surface area (Å²) in [4.78, 5) is 0. The van der Waals surface area contributed by atoms with Crippen molar-refractivity contribution in [1.82, 2.24) is 0 Å². The lowest BCUT2D eigenvalue weighted by Gasteiger charge is -2.02. The maximum Gasteiger partial charge on any atom is 0.124 e. The first-order chi connectivity index (χ1) is 6.00. The molecule has 0 saturated heterocycles. The van der Waals surface area contributed by atoms with Crippen molar-refractivity contribution in [3.8, 4) is 0 Å². The second-order valence-electron chi connectivity index (χ2n) is 3.93. The molecule has 0 spiro atoms. The van der Waals surface area contributed by atoms with Crippen molar-refractivity contribution in [2.45, 2.75) is 51.8 Å². The van der Waals surface area contributed by atoms with Crippen molar-refractivity contribution in [1.29, 1.82) is 0 Å². The van der Waals surface area contributed by atoms with Gasteiger partial charge < -0.3 is 0 Å². The fourth-order valence-electron chi connectivity index (χ4n) is 1.85. The molecule has 0 aromatic heterocycles. The van der Waals surface area contributed by atoms with Gasteiger partial charge in [0.2, 0.25) is 0 Å². The van der Waals surface area contributed by atoms with E-state index in [1.54, 1.807) is 0 Å². The van der Waals surface area contributed by atoms with Gasteiger partial charge in [-0.25, -0.2) is 0 Å².